The lowest BCUT2D eigenvalue weighted by Crippen LogP contribution is -2.60. The van der Waals surface area contributed by atoms with Crippen LogP contribution in [-0.4, -0.2) is 29.0 Å². The SMILES string of the molecule is CCC(C=O)(CC)N(NC(=O)OCc1ccccc1)C(=O)OCc1ccccc1. The summed E-state index contributed by atoms with van der Waals surface area (Å²) in [6, 6.07) is 18.3. The van der Waals surface area contributed by atoms with E-state index in [1.165, 1.54) is 0 Å². The van der Waals surface area contributed by atoms with E-state index in [0.29, 0.717) is 19.1 Å². The van der Waals surface area contributed by atoms with Crippen LogP contribution in [0, 0.1) is 0 Å². The van der Waals surface area contributed by atoms with Crippen molar-refractivity contribution in [3.8, 4) is 0 Å². The van der Waals surface area contributed by atoms with Crippen LogP contribution < -0.4 is 5.43 Å². The van der Waals surface area contributed by atoms with E-state index in [1.807, 2.05) is 60.7 Å². The highest BCUT2D eigenvalue weighted by atomic mass is 16.6. The number of aldehydes is 1. The van der Waals surface area contributed by atoms with Crippen molar-refractivity contribution in [2.75, 3.05) is 0 Å². The number of carbonyl (C=O) groups excluding carboxylic acids is 3. The van der Waals surface area contributed by atoms with Gasteiger partial charge in [-0.05, 0) is 24.0 Å². The molecule has 0 aliphatic rings. The van der Waals surface area contributed by atoms with Gasteiger partial charge in [-0.3, -0.25) is 0 Å². The van der Waals surface area contributed by atoms with Crippen molar-refractivity contribution < 1.29 is 23.9 Å². The Morgan fingerprint density at radius 3 is 1.83 bits per heavy atom. The standard InChI is InChI=1S/C22H26N2O5/c1-3-22(4-2,17-25)24(21(27)29-16-19-13-9-6-10-14-19)23-20(26)28-15-18-11-7-5-8-12-18/h5-14,17H,3-4,15-16H2,1-2H3,(H,23,26). The summed E-state index contributed by atoms with van der Waals surface area (Å²) in [4.78, 5) is 36.9. The zero-order valence-electron chi connectivity index (χ0n) is 16.7. The summed E-state index contributed by atoms with van der Waals surface area (Å²) in [5, 5.41) is 0.927. The van der Waals surface area contributed by atoms with Gasteiger partial charge in [0, 0.05) is 0 Å². The number of hydrogen-bond acceptors (Lipinski definition) is 5. The second-order valence-electron chi connectivity index (χ2n) is 6.48. The van der Waals surface area contributed by atoms with Crippen LogP contribution in [0.25, 0.3) is 0 Å². The molecule has 0 saturated heterocycles. The van der Waals surface area contributed by atoms with Crippen LogP contribution in [0.4, 0.5) is 9.59 Å². The molecule has 2 rings (SSSR count). The molecule has 0 aliphatic carbocycles. The molecule has 29 heavy (non-hydrogen) atoms. The lowest BCUT2D eigenvalue weighted by Gasteiger charge is -2.37. The topological polar surface area (TPSA) is 84.9 Å². The van der Waals surface area contributed by atoms with E-state index < -0.39 is 17.7 Å². The Labute approximate surface area is 170 Å². The Balaban J connectivity index is 2.08. The van der Waals surface area contributed by atoms with Gasteiger partial charge in [0.2, 0.25) is 0 Å². The van der Waals surface area contributed by atoms with Gasteiger partial charge in [0.15, 0.2) is 0 Å². The number of carbonyl (C=O) groups is 3. The van der Waals surface area contributed by atoms with Gasteiger partial charge < -0.3 is 14.3 Å². The smallest absolute Gasteiger partial charge is 0.430 e. The third-order valence-electron chi connectivity index (χ3n) is 4.69. The third kappa shape index (κ3) is 6.07. The Bertz CT molecular complexity index is 791. The van der Waals surface area contributed by atoms with Crippen molar-refractivity contribution in [1.29, 1.82) is 0 Å². The van der Waals surface area contributed by atoms with Crippen molar-refractivity contribution in [2.45, 2.75) is 45.4 Å². The molecule has 0 aromatic heterocycles. The molecule has 0 unspecified atom stereocenters. The fourth-order valence-electron chi connectivity index (χ4n) is 2.75. The van der Waals surface area contributed by atoms with Gasteiger partial charge in [0.1, 0.15) is 25.0 Å². The summed E-state index contributed by atoms with van der Waals surface area (Å²) in [5.41, 5.74) is 2.74. The fraction of sp³-hybridized carbons (Fsp3) is 0.318. The number of nitrogens with one attached hydrogen (secondary N) is 1. The minimum absolute atomic E-state index is 0.0132. The van der Waals surface area contributed by atoms with Gasteiger partial charge in [0.25, 0.3) is 0 Å². The van der Waals surface area contributed by atoms with Crippen molar-refractivity contribution in [2.24, 2.45) is 0 Å². The third-order valence-corrected chi connectivity index (χ3v) is 4.69. The normalized spacial score (nSPS) is 10.7. The number of benzene rings is 2. The predicted molar refractivity (Wildman–Crippen MR) is 108 cm³/mol. The van der Waals surface area contributed by atoms with E-state index in [1.54, 1.807) is 13.8 Å². The molecular weight excluding hydrogens is 372 g/mol. The van der Waals surface area contributed by atoms with Crippen LogP contribution in [0.1, 0.15) is 37.8 Å². The summed E-state index contributed by atoms with van der Waals surface area (Å²) in [7, 11) is 0. The first-order valence-electron chi connectivity index (χ1n) is 9.49. The number of amides is 2. The molecule has 2 aromatic carbocycles. The number of hydrazine groups is 1. The maximum Gasteiger partial charge on any atom is 0.430 e. The van der Waals surface area contributed by atoms with Crippen LogP contribution >= 0.6 is 0 Å². The molecule has 0 bridgehead atoms. The highest BCUT2D eigenvalue weighted by Gasteiger charge is 2.39. The maximum atomic E-state index is 12.7. The van der Waals surface area contributed by atoms with Crippen molar-refractivity contribution in [3.63, 3.8) is 0 Å². The molecule has 0 saturated carbocycles. The quantitative estimate of drug-likeness (QED) is 0.531. The van der Waals surface area contributed by atoms with Crippen LogP contribution in [-0.2, 0) is 27.5 Å². The summed E-state index contributed by atoms with van der Waals surface area (Å²) >= 11 is 0. The Hall–Kier alpha value is -3.35. The zero-order chi connectivity index (χ0) is 21.1. The maximum absolute atomic E-state index is 12.7. The molecule has 2 amide bonds. The average molecular weight is 398 g/mol. The Kier molecular flexibility index (Phi) is 8.21. The van der Waals surface area contributed by atoms with E-state index in [4.69, 9.17) is 9.47 Å². The average Bonchev–Trinajstić information content (AvgIpc) is 2.78. The summed E-state index contributed by atoms with van der Waals surface area (Å²) in [6.45, 7) is 3.56. The Morgan fingerprint density at radius 2 is 1.38 bits per heavy atom. The highest BCUT2D eigenvalue weighted by Crippen LogP contribution is 2.21. The second-order valence-corrected chi connectivity index (χ2v) is 6.48. The lowest BCUT2D eigenvalue weighted by atomic mass is 9.94. The highest BCUT2D eigenvalue weighted by molar-refractivity contribution is 5.79. The van der Waals surface area contributed by atoms with E-state index in [0.717, 1.165) is 16.1 Å². The van der Waals surface area contributed by atoms with Crippen LogP contribution in [0.15, 0.2) is 60.7 Å². The van der Waals surface area contributed by atoms with Gasteiger partial charge in [-0.25, -0.2) is 20.0 Å². The predicted octanol–water partition coefficient (Wildman–Crippen LogP) is 4.22. The van der Waals surface area contributed by atoms with Crippen molar-refractivity contribution in [3.05, 3.63) is 71.8 Å². The first kappa shape index (κ1) is 21.9. The molecular formula is C22H26N2O5. The molecule has 154 valence electrons. The largest absolute Gasteiger partial charge is 0.443 e. The van der Waals surface area contributed by atoms with E-state index >= 15 is 0 Å². The minimum atomic E-state index is -1.24. The number of hydrogen-bond donors (Lipinski definition) is 1. The molecule has 7 nitrogen and oxygen atoms in total. The molecule has 0 atom stereocenters. The summed E-state index contributed by atoms with van der Waals surface area (Å²) < 4.78 is 10.5. The number of ether oxygens (including phenoxy) is 2. The molecule has 0 spiro atoms. The first-order chi connectivity index (χ1) is 14.0. The van der Waals surface area contributed by atoms with E-state index in [2.05, 4.69) is 5.43 Å². The monoisotopic (exact) mass is 398 g/mol. The molecule has 2 aromatic rings. The van der Waals surface area contributed by atoms with Gasteiger partial charge in [-0.15, -0.1) is 0 Å². The van der Waals surface area contributed by atoms with Crippen LogP contribution in [0.5, 0.6) is 0 Å². The number of rotatable bonds is 8. The van der Waals surface area contributed by atoms with Gasteiger partial charge in [-0.1, -0.05) is 74.5 Å². The molecule has 0 heterocycles. The zero-order valence-corrected chi connectivity index (χ0v) is 16.7. The first-order valence-corrected chi connectivity index (χ1v) is 9.49. The summed E-state index contributed by atoms with van der Waals surface area (Å²) in [6.07, 6.45) is -0.437. The molecule has 0 radical (unpaired) electrons. The van der Waals surface area contributed by atoms with Crippen LogP contribution in [0.2, 0.25) is 0 Å². The van der Waals surface area contributed by atoms with Gasteiger partial charge in [-0.2, -0.15) is 0 Å². The minimum Gasteiger partial charge on any atom is -0.443 e. The van der Waals surface area contributed by atoms with Gasteiger partial charge in [0.05, 0.1) is 0 Å². The van der Waals surface area contributed by atoms with E-state index in [9.17, 15) is 14.4 Å². The van der Waals surface area contributed by atoms with Crippen molar-refractivity contribution >= 4 is 18.5 Å². The molecule has 1 N–H and O–H groups in total. The lowest BCUT2D eigenvalue weighted by molar-refractivity contribution is -0.120. The summed E-state index contributed by atoms with van der Waals surface area (Å²) in [5.74, 6) is 0. The molecule has 7 heteroatoms. The molecule has 0 fully saturated rings. The van der Waals surface area contributed by atoms with Gasteiger partial charge >= 0.3 is 12.2 Å². The van der Waals surface area contributed by atoms with Crippen LogP contribution in [0.3, 0.4) is 0 Å². The van der Waals surface area contributed by atoms with E-state index in [-0.39, 0.29) is 13.2 Å². The second kappa shape index (κ2) is 10.8. The number of nitrogens with zero attached hydrogens (tertiary/aromatic N) is 1. The molecule has 0 aliphatic heterocycles. The Morgan fingerprint density at radius 1 is 0.897 bits per heavy atom. The fourth-order valence-corrected chi connectivity index (χ4v) is 2.75. The van der Waals surface area contributed by atoms with Crippen molar-refractivity contribution in [1.82, 2.24) is 10.4 Å².